The lowest BCUT2D eigenvalue weighted by Crippen LogP contribution is -2.14. The first-order chi connectivity index (χ1) is 13.2. The number of methoxy groups -OCH3 is 1. The zero-order valence-corrected chi connectivity index (χ0v) is 15.7. The molecule has 0 atom stereocenters. The van der Waals surface area contributed by atoms with E-state index in [0.29, 0.717) is 13.0 Å². The fraction of sp³-hybridized carbons (Fsp3) is 0.273. The molecule has 140 valence electrons. The topological polar surface area (TPSA) is 60.5 Å². The smallest absolute Gasteiger partial charge is 0.228 e. The summed E-state index contributed by atoms with van der Waals surface area (Å²) in [6, 6.07) is 15.0. The van der Waals surface area contributed by atoms with Gasteiger partial charge in [0, 0.05) is 11.6 Å². The first-order valence-corrected chi connectivity index (χ1v) is 9.14. The number of rotatable bonds is 8. The van der Waals surface area contributed by atoms with Gasteiger partial charge in [0.25, 0.3) is 0 Å². The van der Waals surface area contributed by atoms with Crippen molar-refractivity contribution in [2.45, 2.75) is 26.2 Å². The average molecular weight is 364 g/mol. The maximum absolute atomic E-state index is 12.5. The monoisotopic (exact) mass is 364 g/mol. The number of anilines is 1. The standard InChI is InChI=1S/C22H24N2O3/c1-3-4-14-27-20-12-11-19(18-6-5-13-23-22(18)20)24-21(25)15-16-7-9-17(26-2)10-8-16/h5-13H,3-4,14-15H2,1-2H3,(H,24,25). The molecule has 0 saturated heterocycles. The number of carbonyl (C=O) groups is 1. The van der Waals surface area contributed by atoms with Crippen molar-refractivity contribution in [1.82, 2.24) is 4.98 Å². The number of fused-ring (bicyclic) bond motifs is 1. The van der Waals surface area contributed by atoms with Gasteiger partial charge in [-0.3, -0.25) is 9.78 Å². The predicted octanol–water partition coefficient (Wildman–Crippen LogP) is 4.60. The number of amides is 1. The Bertz CT molecular complexity index is 907. The molecule has 3 rings (SSSR count). The molecule has 27 heavy (non-hydrogen) atoms. The quantitative estimate of drug-likeness (QED) is 0.593. The van der Waals surface area contributed by atoms with Crippen molar-refractivity contribution in [2.24, 2.45) is 0 Å². The molecule has 0 aliphatic rings. The Labute approximate surface area is 159 Å². The van der Waals surface area contributed by atoms with E-state index < -0.39 is 0 Å². The normalized spacial score (nSPS) is 10.6. The first kappa shape index (κ1) is 18.7. The second-order valence-electron chi connectivity index (χ2n) is 6.29. The van der Waals surface area contributed by atoms with E-state index in [4.69, 9.17) is 9.47 Å². The third-order valence-electron chi connectivity index (χ3n) is 4.29. The van der Waals surface area contributed by atoms with E-state index in [2.05, 4.69) is 17.2 Å². The minimum absolute atomic E-state index is 0.0787. The van der Waals surface area contributed by atoms with Crippen molar-refractivity contribution in [3.63, 3.8) is 0 Å². The molecule has 1 aromatic heterocycles. The number of nitrogens with one attached hydrogen (secondary N) is 1. The van der Waals surface area contributed by atoms with Crippen LogP contribution in [0.5, 0.6) is 11.5 Å². The van der Waals surface area contributed by atoms with E-state index in [1.165, 1.54) is 0 Å². The third-order valence-corrected chi connectivity index (χ3v) is 4.29. The second-order valence-corrected chi connectivity index (χ2v) is 6.29. The molecule has 0 spiro atoms. The van der Waals surface area contributed by atoms with E-state index in [0.717, 1.165) is 46.5 Å². The maximum atomic E-state index is 12.5. The Morgan fingerprint density at radius 3 is 2.67 bits per heavy atom. The van der Waals surface area contributed by atoms with E-state index in [1.54, 1.807) is 13.3 Å². The number of hydrogen-bond acceptors (Lipinski definition) is 4. The number of benzene rings is 2. The van der Waals surface area contributed by atoms with Crippen molar-refractivity contribution in [3.05, 3.63) is 60.3 Å². The summed E-state index contributed by atoms with van der Waals surface area (Å²) in [4.78, 5) is 16.9. The molecule has 5 heteroatoms. The number of carbonyl (C=O) groups excluding carboxylic acids is 1. The van der Waals surface area contributed by atoms with Crippen LogP contribution < -0.4 is 14.8 Å². The SMILES string of the molecule is CCCCOc1ccc(NC(=O)Cc2ccc(OC)cc2)c2cccnc12. The minimum atomic E-state index is -0.0787. The number of pyridine rings is 1. The van der Waals surface area contributed by atoms with Crippen LogP contribution in [-0.4, -0.2) is 24.6 Å². The molecule has 0 saturated carbocycles. The zero-order chi connectivity index (χ0) is 19.1. The summed E-state index contributed by atoms with van der Waals surface area (Å²) in [7, 11) is 1.62. The highest BCUT2D eigenvalue weighted by molar-refractivity contribution is 6.03. The van der Waals surface area contributed by atoms with E-state index in [1.807, 2.05) is 48.5 Å². The van der Waals surface area contributed by atoms with Crippen molar-refractivity contribution in [3.8, 4) is 11.5 Å². The lowest BCUT2D eigenvalue weighted by molar-refractivity contribution is -0.115. The van der Waals surface area contributed by atoms with Gasteiger partial charge in [-0.15, -0.1) is 0 Å². The molecule has 1 heterocycles. The molecule has 0 aliphatic heterocycles. The van der Waals surface area contributed by atoms with E-state index in [9.17, 15) is 4.79 Å². The molecule has 5 nitrogen and oxygen atoms in total. The van der Waals surface area contributed by atoms with Gasteiger partial charge < -0.3 is 14.8 Å². The lowest BCUT2D eigenvalue weighted by atomic mass is 10.1. The van der Waals surface area contributed by atoms with Gasteiger partial charge in [-0.05, 0) is 48.4 Å². The van der Waals surface area contributed by atoms with Gasteiger partial charge in [-0.25, -0.2) is 0 Å². The number of ether oxygens (including phenoxy) is 2. The zero-order valence-electron chi connectivity index (χ0n) is 15.7. The van der Waals surface area contributed by atoms with Gasteiger partial charge >= 0.3 is 0 Å². The summed E-state index contributed by atoms with van der Waals surface area (Å²) in [5.41, 5.74) is 2.42. The Hall–Kier alpha value is -3.08. The summed E-state index contributed by atoms with van der Waals surface area (Å²) in [5, 5.41) is 3.86. The summed E-state index contributed by atoms with van der Waals surface area (Å²) < 4.78 is 11.0. The van der Waals surface area contributed by atoms with Crippen molar-refractivity contribution in [1.29, 1.82) is 0 Å². The van der Waals surface area contributed by atoms with Gasteiger partial charge in [-0.2, -0.15) is 0 Å². The van der Waals surface area contributed by atoms with E-state index in [-0.39, 0.29) is 5.91 Å². The molecule has 1 N–H and O–H groups in total. The van der Waals surface area contributed by atoms with Crippen LogP contribution in [0.1, 0.15) is 25.3 Å². The van der Waals surface area contributed by atoms with Crippen LogP contribution in [0.4, 0.5) is 5.69 Å². The summed E-state index contributed by atoms with van der Waals surface area (Å²) in [6.07, 6.45) is 4.10. The molecule has 1 amide bonds. The molecule has 3 aromatic rings. The lowest BCUT2D eigenvalue weighted by Gasteiger charge is -2.12. The average Bonchev–Trinajstić information content (AvgIpc) is 2.70. The van der Waals surface area contributed by atoms with Crippen LogP contribution in [0, 0.1) is 0 Å². The van der Waals surface area contributed by atoms with Crippen LogP contribution in [-0.2, 0) is 11.2 Å². The fourth-order valence-corrected chi connectivity index (χ4v) is 2.82. The molecular weight excluding hydrogens is 340 g/mol. The van der Waals surface area contributed by atoms with Crippen LogP contribution in [0.2, 0.25) is 0 Å². The van der Waals surface area contributed by atoms with Gasteiger partial charge in [-0.1, -0.05) is 25.5 Å². The fourth-order valence-electron chi connectivity index (χ4n) is 2.82. The summed E-state index contributed by atoms with van der Waals surface area (Å²) >= 11 is 0. The number of unbranched alkanes of at least 4 members (excludes halogenated alkanes) is 1. The largest absolute Gasteiger partial charge is 0.497 e. The summed E-state index contributed by atoms with van der Waals surface area (Å²) in [6.45, 7) is 2.78. The Balaban J connectivity index is 1.75. The highest BCUT2D eigenvalue weighted by atomic mass is 16.5. The van der Waals surface area contributed by atoms with Gasteiger partial charge in [0.05, 0.1) is 25.8 Å². The van der Waals surface area contributed by atoms with Crippen LogP contribution in [0.15, 0.2) is 54.7 Å². The number of aromatic nitrogens is 1. The van der Waals surface area contributed by atoms with Crippen molar-refractivity contribution in [2.75, 3.05) is 19.0 Å². The van der Waals surface area contributed by atoms with Gasteiger partial charge in [0.2, 0.25) is 5.91 Å². The van der Waals surface area contributed by atoms with Gasteiger partial charge in [0.1, 0.15) is 17.0 Å². The number of hydrogen-bond donors (Lipinski definition) is 1. The number of nitrogens with zero attached hydrogens (tertiary/aromatic N) is 1. The molecule has 0 unspecified atom stereocenters. The Morgan fingerprint density at radius 2 is 1.93 bits per heavy atom. The first-order valence-electron chi connectivity index (χ1n) is 9.14. The van der Waals surface area contributed by atoms with E-state index >= 15 is 0 Å². The molecular formula is C22H24N2O3. The van der Waals surface area contributed by atoms with Crippen molar-refractivity contribution < 1.29 is 14.3 Å². The Morgan fingerprint density at radius 1 is 1.11 bits per heavy atom. The molecule has 0 radical (unpaired) electrons. The minimum Gasteiger partial charge on any atom is -0.497 e. The molecule has 2 aromatic carbocycles. The molecule has 0 fully saturated rings. The van der Waals surface area contributed by atoms with Crippen molar-refractivity contribution >= 4 is 22.5 Å². The highest BCUT2D eigenvalue weighted by Crippen LogP contribution is 2.30. The van der Waals surface area contributed by atoms with Gasteiger partial charge in [0.15, 0.2) is 0 Å². The Kier molecular flexibility index (Phi) is 6.26. The van der Waals surface area contributed by atoms with Crippen LogP contribution >= 0.6 is 0 Å². The third kappa shape index (κ3) is 4.76. The predicted molar refractivity (Wildman–Crippen MR) is 107 cm³/mol. The maximum Gasteiger partial charge on any atom is 0.228 e. The second kappa shape index (κ2) is 9.03. The molecule has 0 bridgehead atoms. The highest BCUT2D eigenvalue weighted by Gasteiger charge is 2.11. The molecule has 0 aliphatic carbocycles. The van der Waals surface area contributed by atoms with Crippen LogP contribution in [0.3, 0.4) is 0 Å². The summed E-state index contributed by atoms with van der Waals surface area (Å²) in [5.74, 6) is 1.44. The van der Waals surface area contributed by atoms with Crippen LogP contribution in [0.25, 0.3) is 10.9 Å².